The summed E-state index contributed by atoms with van der Waals surface area (Å²) in [5.74, 6) is 1.22. The van der Waals surface area contributed by atoms with Gasteiger partial charge in [-0.15, -0.1) is 0 Å². The maximum Gasteiger partial charge on any atom is 0.119 e. The lowest BCUT2D eigenvalue weighted by atomic mass is 10.0. The van der Waals surface area contributed by atoms with E-state index in [1.54, 1.807) is 7.11 Å². The first-order valence-electron chi connectivity index (χ1n) is 10.1. The van der Waals surface area contributed by atoms with Crippen LogP contribution in [0.1, 0.15) is 18.4 Å². The fourth-order valence-corrected chi connectivity index (χ4v) is 3.59. The number of rotatable bonds is 9. The van der Waals surface area contributed by atoms with Crippen LogP contribution in [-0.4, -0.2) is 69.2 Å². The van der Waals surface area contributed by atoms with Crippen LogP contribution in [0, 0.1) is 0 Å². The molecular weight excluding hydrogens is 352 g/mol. The smallest absolute Gasteiger partial charge is 0.119 e. The Kier molecular flexibility index (Phi) is 7.71. The molecule has 0 amide bonds. The molecule has 1 N–H and O–H groups in total. The van der Waals surface area contributed by atoms with Crippen LogP contribution in [0.2, 0.25) is 0 Å². The van der Waals surface area contributed by atoms with Crippen LogP contribution in [0.3, 0.4) is 0 Å². The van der Waals surface area contributed by atoms with Crippen LogP contribution in [-0.2, 0) is 4.74 Å². The summed E-state index contributed by atoms with van der Waals surface area (Å²) in [6.45, 7) is 7.65. The Morgan fingerprint density at radius 2 is 1.61 bits per heavy atom. The molecule has 0 radical (unpaired) electrons. The van der Waals surface area contributed by atoms with E-state index in [9.17, 15) is 5.11 Å². The van der Waals surface area contributed by atoms with E-state index in [0.717, 1.165) is 31.9 Å². The quantitative estimate of drug-likeness (QED) is 0.720. The molecular formula is C23H32N2O3. The van der Waals surface area contributed by atoms with Gasteiger partial charge in [-0.2, -0.15) is 0 Å². The summed E-state index contributed by atoms with van der Waals surface area (Å²) < 4.78 is 11.0. The summed E-state index contributed by atoms with van der Waals surface area (Å²) in [5.41, 5.74) is 2.49. The van der Waals surface area contributed by atoms with Crippen LogP contribution in [0.25, 0.3) is 0 Å². The molecule has 1 saturated heterocycles. The SMILES string of the molecule is COc1ccc(N2CCN(CC(O)COCC(C)c3ccccc3)CC2)cc1. The van der Waals surface area contributed by atoms with Crippen molar-refractivity contribution >= 4 is 5.69 Å². The van der Waals surface area contributed by atoms with Gasteiger partial charge in [0.1, 0.15) is 5.75 Å². The monoisotopic (exact) mass is 384 g/mol. The highest BCUT2D eigenvalue weighted by molar-refractivity contribution is 5.49. The van der Waals surface area contributed by atoms with Crippen molar-refractivity contribution < 1.29 is 14.6 Å². The second kappa shape index (κ2) is 10.5. The highest BCUT2D eigenvalue weighted by Gasteiger charge is 2.20. The molecule has 28 heavy (non-hydrogen) atoms. The first-order valence-corrected chi connectivity index (χ1v) is 10.1. The molecule has 0 aliphatic carbocycles. The number of methoxy groups -OCH3 is 1. The Hall–Kier alpha value is -2.08. The molecule has 5 heteroatoms. The number of hydrogen-bond donors (Lipinski definition) is 1. The van der Waals surface area contributed by atoms with Gasteiger partial charge in [-0.25, -0.2) is 0 Å². The minimum absolute atomic E-state index is 0.335. The second-order valence-electron chi connectivity index (χ2n) is 7.49. The fraction of sp³-hybridized carbons (Fsp3) is 0.478. The van der Waals surface area contributed by atoms with Gasteiger partial charge in [0, 0.05) is 44.3 Å². The van der Waals surface area contributed by atoms with Gasteiger partial charge in [0.2, 0.25) is 0 Å². The normalized spacial score (nSPS) is 17.3. The van der Waals surface area contributed by atoms with E-state index in [-0.39, 0.29) is 0 Å². The summed E-state index contributed by atoms with van der Waals surface area (Å²) >= 11 is 0. The number of piperazine rings is 1. The zero-order valence-electron chi connectivity index (χ0n) is 17.0. The molecule has 0 saturated carbocycles. The minimum Gasteiger partial charge on any atom is -0.497 e. The average molecular weight is 385 g/mol. The highest BCUT2D eigenvalue weighted by atomic mass is 16.5. The number of ether oxygens (including phenoxy) is 2. The zero-order chi connectivity index (χ0) is 19.8. The largest absolute Gasteiger partial charge is 0.497 e. The van der Waals surface area contributed by atoms with Crippen LogP contribution in [0.4, 0.5) is 5.69 Å². The van der Waals surface area contributed by atoms with Gasteiger partial charge in [-0.3, -0.25) is 4.90 Å². The summed E-state index contributed by atoms with van der Waals surface area (Å²) in [6.07, 6.45) is -0.449. The van der Waals surface area contributed by atoms with Crippen LogP contribution < -0.4 is 9.64 Å². The third-order valence-corrected chi connectivity index (χ3v) is 5.33. The Morgan fingerprint density at radius 3 is 2.25 bits per heavy atom. The molecule has 2 aromatic carbocycles. The average Bonchev–Trinajstić information content (AvgIpc) is 2.75. The molecule has 2 atom stereocenters. The summed E-state index contributed by atoms with van der Waals surface area (Å²) in [6, 6.07) is 18.6. The summed E-state index contributed by atoms with van der Waals surface area (Å²) in [5, 5.41) is 10.3. The molecule has 1 heterocycles. The van der Waals surface area contributed by atoms with Gasteiger partial charge < -0.3 is 19.5 Å². The van der Waals surface area contributed by atoms with Gasteiger partial charge in [0.25, 0.3) is 0 Å². The van der Waals surface area contributed by atoms with E-state index in [0.29, 0.717) is 25.7 Å². The number of anilines is 1. The van der Waals surface area contributed by atoms with Gasteiger partial charge >= 0.3 is 0 Å². The third kappa shape index (κ3) is 5.96. The summed E-state index contributed by atoms with van der Waals surface area (Å²) in [7, 11) is 1.69. The Bertz CT molecular complexity index is 685. The number of β-amino-alcohol motifs (C(OH)–C–C–N with tert-alkyl or cyclic N) is 1. The Morgan fingerprint density at radius 1 is 0.929 bits per heavy atom. The maximum atomic E-state index is 10.3. The molecule has 1 aliphatic heterocycles. The van der Waals surface area contributed by atoms with E-state index in [4.69, 9.17) is 9.47 Å². The van der Waals surface area contributed by atoms with Crippen molar-refractivity contribution in [2.75, 3.05) is 57.9 Å². The van der Waals surface area contributed by atoms with Gasteiger partial charge in [-0.1, -0.05) is 37.3 Å². The van der Waals surface area contributed by atoms with Crippen molar-refractivity contribution in [3.8, 4) is 5.75 Å². The van der Waals surface area contributed by atoms with Crippen molar-refractivity contribution in [3.63, 3.8) is 0 Å². The summed E-state index contributed by atoms with van der Waals surface area (Å²) in [4.78, 5) is 4.69. The van der Waals surface area contributed by atoms with E-state index < -0.39 is 6.10 Å². The Balaban J connectivity index is 1.34. The first kappa shape index (κ1) is 20.6. The van der Waals surface area contributed by atoms with Crippen molar-refractivity contribution in [1.29, 1.82) is 0 Å². The molecule has 2 unspecified atom stereocenters. The van der Waals surface area contributed by atoms with E-state index in [1.807, 2.05) is 30.3 Å². The van der Waals surface area contributed by atoms with Crippen LogP contribution in [0.15, 0.2) is 54.6 Å². The van der Waals surface area contributed by atoms with E-state index in [2.05, 4.69) is 41.0 Å². The van der Waals surface area contributed by atoms with Crippen molar-refractivity contribution in [1.82, 2.24) is 4.90 Å². The number of aliphatic hydroxyl groups is 1. The van der Waals surface area contributed by atoms with Gasteiger partial charge in [0.15, 0.2) is 0 Å². The second-order valence-corrected chi connectivity index (χ2v) is 7.49. The molecule has 2 aromatic rings. The maximum absolute atomic E-state index is 10.3. The highest BCUT2D eigenvalue weighted by Crippen LogP contribution is 2.20. The van der Waals surface area contributed by atoms with Crippen LogP contribution in [0.5, 0.6) is 5.75 Å². The third-order valence-electron chi connectivity index (χ3n) is 5.33. The minimum atomic E-state index is -0.449. The lowest BCUT2D eigenvalue weighted by Crippen LogP contribution is -2.49. The van der Waals surface area contributed by atoms with Crippen molar-refractivity contribution in [3.05, 3.63) is 60.2 Å². The number of benzene rings is 2. The molecule has 3 rings (SSSR count). The Labute approximate surface area is 168 Å². The number of nitrogens with zero attached hydrogens (tertiary/aromatic N) is 2. The first-order chi connectivity index (χ1) is 13.7. The molecule has 1 fully saturated rings. The molecule has 5 nitrogen and oxygen atoms in total. The molecule has 1 aliphatic rings. The number of hydrogen-bond acceptors (Lipinski definition) is 5. The van der Waals surface area contributed by atoms with E-state index >= 15 is 0 Å². The molecule has 152 valence electrons. The lowest BCUT2D eigenvalue weighted by Gasteiger charge is -2.37. The predicted octanol–water partition coefficient (Wildman–Crippen LogP) is 3.00. The van der Waals surface area contributed by atoms with Gasteiger partial charge in [0.05, 0.1) is 26.4 Å². The topological polar surface area (TPSA) is 45.2 Å². The molecule has 0 bridgehead atoms. The van der Waals surface area contributed by atoms with Crippen molar-refractivity contribution in [2.24, 2.45) is 0 Å². The number of aliphatic hydroxyl groups excluding tert-OH is 1. The zero-order valence-corrected chi connectivity index (χ0v) is 17.0. The van der Waals surface area contributed by atoms with Crippen molar-refractivity contribution in [2.45, 2.75) is 18.9 Å². The van der Waals surface area contributed by atoms with E-state index in [1.165, 1.54) is 11.3 Å². The van der Waals surface area contributed by atoms with Gasteiger partial charge in [-0.05, 0) is 29.8 Å². The fourth-order valence-electron chi connectivity index (χ4n) is 3.59. The molecule has 0 aromatic heterocycles. The predicted molar refractivity (Wildman–Crippen MR) is 113 cm³/mol. The lowest BCUT2D eigenvalue weighted by molar-refractivity contribution is 0.0123. The molecule has 0 spiro atoms. The standard InChI is InChI=1S/C23H32N2O3/c1-19(20-6-4-3-5-7-20)17-28-18-22(26)16-24-12-14-25(15-13-24)21-8-10-23(27-2)11-9-21/h3-11,19,22,26H,12-18H2,1-2H3. The van der Waals surface area contributed by atoms with Crippen LogP contribution >= 0.6 is 0 Å².